The minimum absolute atomic E-state index is 0.0758. The first-order chi connectivity index (χ1) is 14.2. The molecule has 0 unspecified atom stereocenters. The van der Waals surface area contributed by atoms with Gasteiger partial charge in [-0.2, -0.15) is 5.10 Å². The number of hydrogen-bond donors (Lipinski definition) is 2. The lowest BCUT2D eigenvalue weighted by molar-refractivity contribution is -0.139. The van der Waals surface area contributed by atoms with Gasteiger partial charge in [-0.05, 0) is 30.5 Å². The molecule has 0 spiro atoms. The van der Waals surface area contributed by atoms with E-state index in [-0.39, 0.29) is 6.04 Å². The van der Waals surface area contributed by atoms with Crippen LogP contribution in [0.3, 0.4) is 0 Å². The zero-order chi connectivity index (χ0) is 20.3. The molecule has 0 aromatic heterocycles. The number of rotatable bonds is 6. The van der Waals surface area contributed by atoms with Crippen LogP contribution in [-0.4, -0.2) is 24.1 Å². The number of nitrogens with zero attached hydrogens (tertiary/aromatic N) is 1. The number of carbonyl (C=O) groups is 2. The second-order valence-corrected chi connectivity index (χ2v) is 7.17. The molecule has 29 heavy (non-hydrogen) atoms. The molecule has 152 valence electrons. The van der Waals surface area contributed by atoms with Gasteiger partial charge >= 0.3 is 11.8 Å². The molecule has 0 heterocycles. The molecule has 0 atom stereocenters. The number of benzene rings is 2. The summed E-state index contributed by atoms with van der Waals surface area (Å²) in [5, 5.41) is 6.73. The van der Waals surface area contributed by atoms with Crippen LogP contribution >= 0.6 is 0 Å². The average molecular weight is 393 g/mol. The minimum Gasteiger partial charge on any atom is -0.488 e. The molecule has 0 radical (unpaired) electrons. The quantitative estimate of drug-likeness (QED) is 0.341. The lowest BCUT2D eigenvalue weighted by atomic mass is 10.1. The summed E-state index contributed by atoms with van der Waals surface area (Å²) in [6.45, 7) is 0.432. The van der Waals surface area contributed by atoms with Gasteiger partial charge in [0.1, 0.15) is 12.4 Å². The van der Waals surface area contributed by atoms with E-state index in [1.165, 1.54) is 19.1 Å². The topological polar surface area (TPSA) is 79.8 Å². The molecule has 2 N–H and O–H groups in total. The van der Waals surface area contributed by atoms with Gasteiger partial charge in [-0.1, -0.05) is 68.1 Å². The van der Waals surface area contributed by atoms with E-state index >= 15 is 0 Å². The molecule has 2 amide bonds. The highest BCUT2D eigenvalue weighted by Crippen LogP contribution is 2.18. The van der Waals surface area contributed by atoms with Crippen molar-refractivity contribution in [2.24, 2.45) is 5.10 Å². The van der Waals surface area contributed by atoms with Crippen molar-refractivity contribution in [3.05, 3.63) is 65.7 Å². The molecule has 0 saturated heterocycles. The fourth-order valence-corrected chi connectivity index (χ4v) is 3.34. The van der Waals surface area contributed by atoms with Gasteiger partial charge in [-0.3, -0.25) is 9.59 Å². The molecule has 0 bridgehead atoms. The van der Waals surface area contributed by atoms with Crippen LogP contribution in [0.5, 0.6) is 5.75 Å². The molecule has 0 aliphatic heterocycles. The van der Waals surface area contributed by atoms with Crippen LogP contribution in [0.15, 0.2) is 59.7 Å². The van der Waals surface area contributed by atoms with E-state index in [2.05, 4.69) is 15.8 Å². The van der Waals surface area contributed by atoms with Crippen molar-refractivity contribution in [1.82, 2.24) is 10.7 Å². The molecule has 1 fully saturated rings. The van der Waals surface area contributed by atoms with Gasteiger partial charge in [0, 0.05) is 11.6 Å². The fraction of sp³-hybridized carbons (Fsp3) is 0.348. The van der Waals surface area contributed by atoms with Gasteiger partial charge in [0.15, 0.2) is 0 Å². The van der Waals surface area contributed by atoms with Gasteiger partial charge in [0.25, 0.3) is 0 Å². The summed E-state index contributed by atoms with van der Waals surface area (Å²) < 4.78 is 5.86. The van der Waals surface area contributed by atoms with Crippen LogP contribution in [0.4, 0.5) is 0 Å². The van der Waals surface area contributed by atoms with Crippen LogP contribution in [-0.2, 0) is 16.2 Å². The Kier molecular flexibility index (Phi) is 7.81. The Bertz CT molecular complexity index is 828. The van der Waals surface area contributed by atoms with E-state index in [4.69, 9.17) is 4.74 Å². The summed E-state index contributed by atoms with van der Waals surface area (Å²) in [5.74, 6) is -0.742. The second-order valence-electron chi connectivity index (χ2n) is 7.17. The van der Waals surface area contributed by atoms with Crippen molar-refractivity contribution in [2.75, 3.05) is 0 Å². The molecule has 1 aliphatic carbocycles. The molecule has 3 rings (SSSR count). The van der Waals surface area contributed by atoms with Crippen LogP contribution in [0.1, 0.15) is 49.7 Å². The molecule has 2 aromatic rings. The van der Waals surface area contributed by atoms with Crippen LogP contribution in [0.2, 0.25) is 0 Å². The Morgan fingerprint density at radius 3 is 2.38 bits per heavy atom. The predicted molar refractivity (Wildman–Crippen MR) is 113 cm³/mol. The highest BCUT2D eigenvalue weighted by molar-refractivity contribution is 6.35. The Hall–Kier alpha value is -3.15. The maximum atomic E-state index is 12.1. The predicted octanol–water partition coefficient (Wildman–Crippen LogP) is 3.55. The highest BCUT2D eigenvalue weighted by atomic mass is 16.5. The van der Waals surface area contributed by atoms with E-state index in [1.54, 1.807) is 0 Å². The molecular weight excluding hydrogens is 366 g/mol. The number of para-hydroxylation sites is 1. The molecule has 1 saturated carbocycles. The second kappa shape index (κ2) is 11.0. The maximum Gasteiger partial charge on any atom is 0.329 e. The maximum absolute atomic E-state index is 12.1. The first-order valence-electron chi connectivity index (χ1n) is 10.1. The van der Waals surface area contributed by atoms with E-state index < -0.39 is 11.8 Å². The molecule has 6 heteroatoms. The standard InChI is InChI=1S/C23H27N3O3/c27-22(25-20-13-6-1-2-7-14-20)23(28)26-24-16-19-12-8-9-15-21(19)29-17-18-10-4-3-5-11-18/h3-5,8-12,15-16,20H,1-2,6-7,13-14,17H2,(H,25,27)(H,26,28). The third-order valence-corrected chi connectivity index (χ3v) is 4.92. The summed E-state index contributed by atoms with van der Waals surface area (Å²) in [6.07, 6.45) is 7.89. The average Bonchev–Trinajstić information content (AvgIpc) is 3.02. The van der Waals surface area contributed by atoms with Gasteiger partial charge in [-0.25, -0.2) is 5.43 Å². The lowest BCUT2D eigenvalue weighted by Gasteiger charge is -2.15. The van der Waals surface area contributed by atoms with Crippen LogP contribution < -0.4 is 15.5 Å². The lowest BCUT2D eigenvalue weighted by Crippen LogP contribution is -2.43. The Labute approximate surface area is 171 Å². The Balaban J connectivity index is 1.51. The van der Waals surface area contributed by atoms with Crippen molar-refractivity contribution in [2.45, 2.75) is 51.2 Å². The highest BCUT2D eigenvalue weighted by Gasteiger charge is 2.19. The van der Waals surface area contributed by atoms with Crippen molar-refractivity contribution < 1.29 is 14.3 Å². The summed E-state index contributed by atoms with van der Waals surface area (Å²) in [7, 11) is 0. The third kappa shape index (κ3) is 6.75. The summed E-state index contributed by atoms with van der Waals surface area (Å²) in [5.41, 5.74) is 4.07. The molecule has 2 aromatic carbocycles. The Morgan fingerprint density at radius 1 is 0.931 bits per heavy atom. The van der Waals surface area contributed by atoms with E-state index in [9.17, 15) is 9.59 Å². The third-order valence-electron chi connectivity index (χ3n) is 4.92. The van der Waals surface area contributed by atoms with Crippen LogP contribution in [0.25, 0.3) is 0 Å². The number of ether oxygens (including phenoxy) is 1. The van der Waals surface area contributed by atoms with E-state index in [0.29, 0.717) is 17.9 Å². The van der Waals surface area contributed by atoms with Crippen molar-refractivity contribution in [3.8, 4) is 5.75 Å². The van der Waals surface area contributed by atoms with Crippen molar-refractivity contribution >= 4 is 18.0 Å². The first-order valence-corrected chi connectivity index (χ1v) is 10.1. The van der Waals surface area contributed by atoms with Crippen molar-refractivity contribution in [3.63, 3.8) is 0 Å². The zero-order valence-corrected chi connectivity index (χ0v) is 16.5. The Morgan fingerprint density at radius 2 is 1.62 bits per heavy atom. The number of nitrogens with one attached hydrogen (secondary N) is 2. The largest absolute Gasteiger partial charge is 0.488 e. The monoisotopic (exact) mass is 393 g/mol. The molecule has 6 nitrogen and oxygen atoms in total. The van der Waals surface area contributed by atoms with Gasteiger partial charge < -0.3 is 10.1 Å². The summed E-state index contributed by atoms with van der Waals surface area (Å²) >= 11 is 0. The minimum atomic E-state index is -0.756. The molecular formula is C23H27N3O3. The SMILES string of the molecule is O=C(NN=Cc1ccccc1OCc1ccccc1)C(=O)NC1CCCCCC1. The number of amides is 2. The fourth-order valence-electron chi connectivity index (χ4n) is 3.34. The summed E-state index contributed by atoms with van der Waals surface area (Å²) in [6, 6.07) is 17.3. The van der Waals surface area contributed by atoms with Gasteiger partial charge in [0.05, 0.1) is 6.21 Å². The first kappa shape index (κ1) is 20.6. The molecule has 1 aliphatic rings. The van der Waals surface area contributed by atoms with Crippen LogP contribution in [0, 0.1) is 0 Å². The van der Waals surface area contributed by atoms with Gasteiger partial charge in [-0.15, -0.1) is 0 Å². The number of carbonyl (C=O) groups excluding carboxylic acids is 2. The number of hydrazone groups is 1. The van der Waals surface area contributed by atoms with E-state index in [0.717, 1.165) is 31.2 Å². The van der Waals surface area contributed by atoms with E-state index in [1.807, 2.05) is 54.6 Å². The zero-order valence-electron chi connectivity index (χ0n) is 16.5. The summed E-state index contributed by atoms with van der Waals surface area (Å²) in [4.78, 5) is 24.1. The smallest absolute Gasteiger partial charge is 0.329 e. The number of hydrogen-bond acceptors (Lipinski definition) is 4. The van der Waals surface area contributed by atoms with Crippen molar-refractivity contribution in [1.29, 1.82) is 0 Å². The normalized spacial score (nSPS) is 14.9. The van der Waals surface area contributed by atoms with Gasteiger partial charge in [0.2, 0.25) is 0 Å².